The van der Waals surface area contributed by atoms with E-state index in [-0.39, 0.29) is 24.0 Å². The van der Waals surface area contributed by atoms with Crippen LogP contribution in [0.5, 0.6) is 5.75 Å². The summed E-state index contributed by atoms with van der Waals surface area (Å²) in [6.07, 6.45) is 0. The highest BCUT2D eigenvalue weighted by atomic mass is 35.5. The van der Waals surface area contributed by atoms with Crippen LogP contribution < -0.4 is 10.1 Å². The van der Waals surface area contributed by atoms with E-state index in [1.54, 1.807) is 0 Å². The minimum atomic E-state index is -0.150. The van der Waals surface area contributed by atoms with Crippen molar-refractivity contribution in [2.24, 2.45) is 0 Å². The molecule has 2 aromatic carbocycles. The van der Waals surface area contributed by atoms with Gasteiger partial charge >= 0.3 is 0 Å². The van der Waals surface area contributed by atoms with Gasteiger partial charge < -0.3 is 10.1 Å². The highest BCUT2D eigenvalue weighted by Crippen LogP contribution is 2.26. The molecule has 0 heterocycles. The van der Waals surface area contributed by atoms with Gasteiger partial charge in [0.2, 0.25) is 0 Å². The summed E-state index contributed by atoms with van der Waals surface area (Å²) in [5.41, 5.74) is 4.35. The van der Waals surface area contributed by atoms with Crippen molar-refractivity contribution in [1.29, 1.82) is 0 Å². The molecule has 1 N–H and O–H groups in total. The van der Waals surface area contributed by atoms with E-state index in [0.717, 1.165) is 21.7 Å². The second-order valence-electron chi connectivity index (χ2n) is 7.82. The molecule has 0 aliphatic carbocycles. The summed E-state index contributed by atoms with van der Waals surface area (Å²) < 4.78 is 5.61. The predicted molar refractivity (Wildman–Crippen MR) is 108 cm³/mol. The maximum Gasteiger partial charge on any atom is 0.258 e. The summed E-state index contributed by atoms with van der Waals surface area (Å²) in [6.45, 7) is 12.4. The fourth-order valence-electron chi connectivity index (χ4n) is 2.78. The van der Waals surface area contributed by atoms with Gasteiger partial charge in [0.1, 0.15) is 5.75 Å². The number of halogens is 1. The first-order valence-electron chi connectivity index (χ1n) is 8.87. The Hall–Kier alpha value is -2.00. The van der Waals surface area contributed by atoms with Gasteiger partial charge in [-0.15, -0.1) is 0 Å². The smallest absolute Gasteiger partial charge is 0.258 e. The molecular formula is C22H28ClNO2. The molecule has 2 aromatic rings. The number of hydrogen-bond acceptors (Lipinski definition) is 2. The van der Waals surface area contributed by atoms with Gasteiger partial charge in [0.05, 0.1) is 6.04 Å². The Morgan fingerprint density at radius 2 is 1.65 bits per heavy atom. The molecule has 0 bridgehead atoms. The Balaban J connectivity index is 1.93. The van der Waals surface area contributed by atoms with E-state index in [0.29, 0.717) is 5.75 Å². The molecule has 0 aliphatic rings. The third-order valence-corrected chi connectivity index (χ3v) is 5.03. The van der Waals surface area contributed by atoms with Crippen LogP contribution in [0, 0.1) is 13.8 Å². The van der Waals surface area contributed by atoms with Gasteiger partial charge in [-0.25, -0.2) is 0 Å². The third kappa shape index (κ3) is 5.25. The first-order chi connectivity index (χ1) is 12.1. The molecule has 26 heavy (non-hydrogen) atoms. The quantitative estimate of drug-likeness (QED) is 0.750. The summed E-state index contributed by atoms with van der Waals surface area (Å²) in [6, 6.07) is 12.0. The summed E-state index contributed by atoms with van der Waals surface area (Å²) in [5.74, 6) is 0.504. The molecule has 0 spiro atoms. The molecule has 1 atom stereocenters. The number of nitrogens with one attached hydrogen (secondary N) is 1. The molecule has 1 amide bonds. The monoisotopic (exact) mass is 373 g/mol. The number of carbonyl (C=O) groups is 1. The van der Waals surface area contributed by atoms with E-state index in [9.17, 15) is 4.79 Å². The zero-order valence-electron chi connectivity index (χ0n) is 16.4. The Morgan fingerprint density at radius 3 is 2.15 bits per heavy atom. The van der Waals surface area contributed by atoms with E-state index < -0.39 is 0 Å². The predicted octanol–water partition coefficient (Wildman–Crippen LogP) is 5.51. The number of carbonyl (C=O) groups excluding carboxylic acids is 1. The lowest BCUT2D eigenvalue weighted by Crippen LogP contribution is -2.31. The van der Waals surface area contributed by atoms with Gasteiger partial charge in [0.25, 0.3) is 5.91 Å². The maximum atomic E-state index is 12.2. The highest BCUT2D eigenvalue weighted by molar-refractivity contribution is 6.32. The van der Waals surface area contributed by atoms with Crippen LogP contribution in [0.4, 0.5) is 0 Å². The zero-order valence-corrected chi connectivity index (χ0v) is 17.2. The van der Waals surface area contributed by atoms with Gasteiger partial charge in [0, 0.05) is 5.02 Å². The van der Waals surface area contributed by atoms with Crippen molar-refractivity contribution >= 4 is 17.5 Å². The Morgan fingerprint density at radius 1 is 1.12 bits per heavy atom. The third-order valence-electron chi connectivity index (χ3n) is 4.43. The number of aryl methyl sites for hydroxylation is 2. The zero-order chi connectivity index (χ0) is 19.5. The molecule has 0 aliphatic heterocycles. The van der Waals surface area contributed by atoms with Crippen LogP contribution in [0.1, 0.15) is 56.0 Å². The van der Waals surface area contributed by atoms with Crippen molar-refractivity contribution in [2.75, 3.05) is 6.61 Å². The van der Waals surface area contributed by atoms with E-state index in [1.165, 1.54) is 5.56 Å². The number of ether oxygens (including phenoxy) is 1. The summed E-state index contributed by atoms with van der Waals surface area (Å²) in [7, 11) is 0. The largest absolute Gasteiger partial charge is 0.484 e. The number of amides is 1. The minimum absolute atomic E-state index is 0.0229. The topological polar surface area (TPSA) is 38.3 Å². The Labute approximate surface area is 161 Å². The standard InChI is InChI=1S/C22H28ClNO2/c1-14-11-19(12-15(2)21(14)23)26-13-20(25)24-16(3)17-7-9-18(10-8-17)22(4,5)6/h7-12,16H,13H2,1-6H3,(H,24,25)/t16-/m0/s1. The van der Waals surface area contributed by atoms with E-state index >= 15 is 0 Å². The molecule has 3 nitrogen and oxygen atoms in total. The lowest BCUT2D eigenvalue weighted by Gasteiger charge is -2.21. The van der Waals surface area contributed by atoms with Crippen LogP contribution in [-0.2, 0) is 10.2 Å². The molecule has 0 saturated heterocycles. The first kappa shape index (κ1) is 20.3. The Bertz CT molecular complexity index is 753. The Kier molecular flexibility index (Phi) is 6.35. The van der Waals surface area contributed by atoms with Crippen LogP contribution >= 0.6 is 11.6 Å². The lowest BCUT2D eigenvalue weighted by molar-refractivity contribution is -0.123. The van der Waals surface area contributed by atoms with Crippen LogP contribution in [0.2, 0.25) is 5.02 Å². The summed E-state index contributed by atoms with van der Waals surface area (Å²) in [5, 5.41) is 3.71. The highest BCUT2D eigenvalue weighted by Gasteiger charge is 2.15. The van der Waals surface area contributed by atoms with Crippen LogP contribution in [0.15, 0.2) is 36.4 Å². The van der Waals surface area contributed by atoms with Gasteiger partial charge in [0.15, 0.2) is 6.61 Å². The van der Waals surface area contributed by atoms with Crippen molar-refractivity contribution in [3.8, 4) is 5.75 Å². The van der Waals surface area contributed by atoms with E-state index in [2.05, 4.69) is 50.4 Å². The van der Waals surface area contributed by atoms with E-state index in [1.807, 2.05) is 32.9 Å². The molecule has 0 saturated carbocycles. The fourth-order valence-corrected chi connectivity index (χ4v) is 2.89. The molecule has 0 radical (unpaired) electrons. The first-order valence-corrected chi connectivity index (χ1v) is 9.25. The molecular weight excluding hydrogens is 346 g/mol. The van der Waals surface area contributed by atoms with Crippen LogP contribution in [0.25, 0.3) is 0 Å². The fraction of sp³-hybridized carbons (Fsp3) is 0.409. The second kappa shape index (κ2) is 8.13. The average Bonchev–Trinajstić information content (AvgIpc) is 2.57. The number of hydrogen-bond donors (Lipinski definition) is 1. The molecule has 4 heteroatoms. The second-order valence-corrected chi connectivity index (χ2v) is 8.20. The average molecular weight is 374 g/mol. The van der Waals surface area contributed by atoms with Crippen molar-refractivity contribution in [3.63, 3.8) is 0 Å². The van der Waals surface area contributed by atoms with Gasteiger partial charge in [-0.3, -0.25) is 4.79 Å². The molecule has 0 unspecified atom stereocenters. The van der Waals surface area contributed by atoms with Gasteiger partial charge in [-0.2, -0.15) is 0 Å². The SMILES string of the molecule is Cc1cc(OCC(=O)N[C@@H](C)c2ccc(C(C)(C)C)cc2)cc(C)c1Cl. The minimum Gasteiger partial charge on any atom is -0.484 e. The lowest BCUT2D eigenvalue weighted by atomic mass is 9.86. The van der Waals surface area contributed by atoms with Crippen molar-refractivity contribution in [2.45, 2.75) is 53.0 Å². The van der Waals surface area contributed by atoms with Crippen molar-refractivity contribution < 1.29 is 9.53 Å². The van der Waals surface area contributed by atoms with Crippen molar-refractivity contribution in [1.82, 2.24) is 5.32 Å². The molecule has 0 fully saturated rings. The maximum absolute atomic E-state index is 12.2. The van der Waals surface area contributed by atoms with Gasteiger partial charge in [-0.05, 0) is 60.6 Å². The summed E-state index contributed by atoms with van der Waals surface area (Å²) >= 11 is 6.15. The normalized spacial score (nSPS) is 12.6. The van der Waals surface area contributed by atoms with Crippen LogP contribution in [-0.4, -0.2) is 12.5 Å². The molecule has 140 valence electrons. The number of rotatable bonds is 5. The molecule has 2 rings (SSSR count). The summed E-state index contributed by atoms with van der Waals surface area (Å²) in [4.78, 5) is 12.2. The van der Waals surface area contributed by atoms with Gasteiger partial charge in [-0.1, -0.05) is 56.6 Å². The van der Waals surface area contributed by atoms with E-state index in [4.69, 9.17) is 16.3 Å². The number of benzene rings is 2. The van der Waals surface area contributed by atoms with Crippen LogP contribution in [0.3, 0.4) is 0 Å². The van der Waals surface area contributed by atoms with Crippen molar-refractivity contribution in [3.05, 3.63) is 63.7 Å². The molecule has 0 aromatic heterocycles.